The molecule has 0 aliphatic heterocycles. The zero-order chi connectivity index (χ0) is 14.6. The molecule has 1 aromatic carbocycles. The maximum Gasteiger partial charge on any atom is 0.254 e. The van der Waals surface area contributed by atoms with Crippen molar-refractivity contribution in [3.05, 3.63) is 34.6 Å². The number of nitrogens with one attached hydrogen (secondary N) is 1. The largest absolute Gasteiger partial charge is 0.351 e. The maximum absolute atomic E-state index is 13.4. The van der Waals surface area contributed by atoms with E-state index >= 15 is 0 Å². The van der Waals surface area contributed by atoms with Crippen LogP contribution in [-0.4, -0.2) is 45.0 Å². The summed E-state index contributed by atoms with van der Waals surface area (Å²) in [7, 11) is -0.602. The number of rotatable bonds is 5. The van der Waals surface area contributed by atoms with Gasteiger partial charge in [0.05, 0.1) is 11.3 Å². The summed E-state index contributed by atoms with van der Waals surface area (Å²) in [5, 5.41) is 2.56. The van der Waals surface area contributed by atoms with Crippen LogP contribution in [0.3, 0.4) is 0 Å². The van der Waals surface area contributed by atoms with Gasteiger partial charge in [-0.25, -0.2) is 17.1 Å². The Morgan fingerprint density at radius 2 is 2.05 bits per heavy atom. The van der Waals surface area contributed by atoms with Gasteiger partial charge in [-0.05, 0) is 18.2 Å². The summed E-state index contributed by atoms with van der Waals surface area (Å²) in [6, 6.07) is 3.59. The molecule has 106 valence electrons. The van der Waals surface area contributed by atoms with E-state index in [1.54, 1.807) is 0 Å². The first kappa shape index (κ1) is 15.9. The Hall–Kier alpha value is -1.18. The molecule has 5 nitrogen and oxygen atoms in total. The van der Waals surface area contributed by atoms with Crippen LogP contribution >= 0.6 is 11.6 Å². The van der Waals surface area contributed by atoms with Crippen LogP contribution in [-0.2, 0) is 10.0 Å². The Balaban J connectivity index is 2.64. The summed E-state index contributed by atoms with van der Waals surface area (Å²) in [4.78, 5) is 11.7. The van der Waals surface area contributed by atoms with E-state index in [0.29, 0.717) is 0 Å². The molecule has 0 radical (unpaired) electrons. The van der Waals surface area contributed by atoms with E-state index < -0.39 is 21.7 Å². The van der Waals surface area contributed by atoms with E-state index in [-0.39, 0.29) is 22.9 Å². The van der Waals surface area contributed by atoms with Gasteiger partial charge in [0.15, 0.2) is 0 Å². The normalized spacial score (nSPS) is 11.6. The zero-order valence-electron chi connectivity index (χ0n) is 10.5. The van der Waals surface area contributed by atoms with Crippen molar-refractivity contribution in [2.45, 2.75) is 0 Å². The molecule has 0 aromatic heterocycles. The molecular formula is C11H14ClFN2O3S. The molecule has 0 saturated carbocycles. The van der Waals surface area contributed by atoms with Crippen molar-refractivity contribution < 1.29 is 17.6 Å². The molecule has 0 saturated heterocycles. The van der Waals surface area contributed by atoms with Crippen molar-refractivity contribution in [2.24, 2.45) is 0 Å². The second-order valence-electron chi connectivity index (χ2n) is 3.98. The summed E-state index contributed by atoms with van der Waals surface area (Å²) in [6.45, 7) is -0.106. The summed E-state index contributed by atoms with van der Waals surface area (Å²) in [6.07, 6.45) is 0. The van der Waals surface area contributed by atoms with Crippen molar-refractivity contribution in [3.63, 3.8) is 0 Å². The fourth-order valence-corrected chi connectivity index (χ4v) is 2.14. The third kappa shape index (κ3) is 4.45. The van der Waals surface area contributed by atoms with Crippen molar-refractivity contribution >= 4 is 27.5 Å². The molecule has 0 aliphatic carbocycles. The fraction of sp³-hybridized carbons (Fsp3) is 0.364. The first-order valence-electron chi connectivity index (χ1n) is 5.37. The van der Waals surface area contributed by atoms with Crippen molar-refractivity contribution in [2.75, 3.05) is 26.4 Å². The van der Waals surface area contributed by atoms with Crippen LogP contribution in [0.1, 0.15) is 10.4 Å². The topological polar surface area (TPSA) is 66.5 Å². The van der Waals surface area contributed by atoms with E-state index in [1.807, 2.05) is 0 Å². The van der Waals surface area contributed by atoms with Gasteiger partial charge in [0.2, 0.25) is 10.0 Å². The molecule has 0 bridgehead atoms. The van der Waals surface area contributed by atoms with Gasteiger partial charge in [0.1, 0.15) is 5.82 Å². The van der Waals surface area contributed by atoms with Crippen molar-refractivity contribution in [1.29, 1.82) is 0 Å². The molecule has 19 heavy (non-hydrogen) atoms. The second-order valence-corrected chi connectivity index (χ2v) is 6.72. The summed E-state index contributed by atoms with van der Waals surface area (Å²) >= 11 is 5.66. The average Bonchev–Trinajstić information content (AvgIpc) is 2.31. The van der Waals surface area contributed by atoms with Gasteiger partial charge in [-0.3, -0.25) is 4.79 Å². The third-order valence-corrected chi connectivity index (χ3v) is 4.44. The number of halogens is 2. The fourth-order valence-electron chi connectivity index (χ4n) is 1.24. The molecule has 1 aromatic rings. The standard InChI is InChI=1S/C11H14ClFN2O3S/c1-15(2)19(17,18)6-5-14-11(16)9-7-8(12)3-4-10(9)13/h3-4,7H,5-6H2,1-2H3,(H,14,16). The monoisotopic (exact) mass is 308 g/mol. The third-order valence-electron chi connectivity index (χ3n) is 2.37. The lowest BCUT2D eigenvalue weighted by atomic mass is 10.2. The van der Waals surface area contributed by atoms with Crippen molar-refractivity contribution in [3.8, 4) is 0 Å². The van der Waals surface area contributed by atoms with Crippen LogP contribution in [0, 0.1) is 5.82 Å². The lowest BCUT2D eigenvalue weighted by Crippen LogP contribution is -2.34. The first-order chi connectivity index (χ1) is 8.74. The number of nitrogens with zero attached hydrogens (tertiary/aromatic N) is 1. The molecule has 1 rings (SSSR count). The summed E-state index contributed by atoms with van der Waals surface area (Å²) in [5.74, 6) is -1.67. The Morgan fingerprint density at radius 1 is 1.42 bits per heavy atom. The molecule has 1 amide bonds. The van der Waals surface area contributed by atoms with Crippen LogP contribution in [0.15, 0.2) is 18.2 Å². The van der Waals surface area contributed by atoms with Gasteiger partial charge >= 0.3 is 0 Å². The SMILES string of the molecule is CN(C)S(=O)(=O)CCNC(=O)c1cc(Cl)ccc1F. The predicted octanol–water partition coefficient (Wildman–Crippen LogP) is 1.10. The van der Waals surface area contributed by atoms with Crippen LogP contribution < -0.4 is 5.32 Å². The molecule has 0 unspecified atom stereocenters. The van der Waals surface area contributed by atoms with Gasteiger partial charge in [-0.15, -0.1) is 0 Å². The van der Waals surface area contributed by atoms with Crippen molar-refractivity contribution in [1.82, 2.24) is 9.62 Å². The molecule has 0 heterocycles. The highest BCUT2D eigenvalue weighted by molar-refractivity contribution is 7.89. The number of sulfonamides is 1. The summed E-state index contributed by atoms with van der Waals surface area (Å²) < 4.78 is 37.3. The quantitative estimate of drug-likeness (QED) is 0.886. The Labute approximate surface area is 116 Å². The Morgan fingerprint density at radius 3 is 2.63 bits per heavy atom. The lowest BCUT2D eigenvalue weighted by molar-refractivity contribution is 0.0952. The minimum absolute atomic E-state index is 0.106. The van der Waals surface area contributed by atoms with Crippen LogP contribution in [0.4, 0.5) is 4.39 Å². The molecule has 0 atom stereocenters. The smallest absolute Gasteiger partial charge is 0.254 e. The number of hydrogen-bond donors (Lipinski definition) is 1. The van der Waals surface area contributed by atoms with Crippen LogP contribution in [0.25, 0.3) is 0 Å². The Bertz CT molecular complexity index is 575. The van der Waals surface area contributed by atoms with E-state index in [1.165, 1.54) is 26.2 Å². The highest BCUT2D eigenvalue weighted by Gasteiger charge is 2.16. The zero-order valence-corrected chi connectivity index (χ0v) is 12.1. The van der Waals surface area contributed by atoms with Crippen LogP contribution in [0.2, 0.25) is 5.02 Å². The minimum atomic E-state index is -3.40. The maximum atomic E-state index is 13.4. The predicted molar refractivity (Wildman–Crippen MR) is 71.2 cm³/mol. The molecule has 1 N–H and O–H groups in total. The lowest BCUT2D eigenvalue weighted by Gasteiger charge is -2.11. The van der Waals surface area contributed by atoms with E-state index in [2.05, 4.69) is 5.32 Å². The highest BCUT2D eigenvalue weighted by atomic mass is 35.5. The van der Waals surface area contributed by atoms with Gasteiger partial charge in [-0.2, -0.15) is 0 Å². The van der Waals surface area contributed by atoms with E-state index in [9.17, 15) is 17.6 Å². The second kappa shape index (κ2) is 6.31. The molecule has 0 aliphatic rings. The Kier molecular flexibility index (Phi) is 5.28. The van der Waals surface area contributed by atoms with Crippen LogP contribution in [0.5, 0.6) is 0 Å². The first-order valence-corrected chi connectivity index (χ1v) is 7.36. The molecule has 8 heteroatoms. The average molecular weight is 309 g/mol. The number of benzene rings is 1. The van der Waals surface area contributed by atoms with Gasteiger partial charge in [-0.1, -0.05) is 11.6 Å². The van der Waals surface area contributed by atoms with Gasteiger partial charge in [0, 0.05) is 25.7 Å². The number of hydrogen-bond acceptors (Lipinski definition) is 3. The number of amides is 1. The van der Waals surface area contributed by atoms with E-state index in [4.69, 9.17) is 11.6 Å². The molecule has 0 spiro atoms. The number of carbonyl (C=O) groups excluding carboxylic acids is 1. The number of carbonyl (C=O) groups is 1. The molecular weight excluding hydrogens is 295 g/mol. The highest BCUT2D eigenvalue weighted by Crippen LogP contribution is 2.14. The van der Waals surface area contributed by atoms with E-state index in [0.717, 1.165) is 10.4 Å². The van der Waals surface area contributed by atoms with Gasteiger partial charge in [0.25, 0.3) is 5.91 Å². The molecule has 0 fully saturated rings. The minimum Gasteiger partial charge on any atom is -0.351 e. The van der Waals surface area contributed by atoms with Gasteiger partial charge < -0.3 is 5.32 Å². The summed E-state index contributed by atoms with van der Waals surface area (Å²) in [5.41, 5.74) is -0.213.